The third-order valence-corrected chi connectivity index (χ3v) is 3.11. The highest BCUT2D eigenvalue weighted by atomic mass is 127. The SMILES string of the molecule is ICCC1CCCCCC1. The van der Waals surface area contributed by atoms with Crippen molar-refractivity contribution in [1.82, 2.24) is 0 Å². The van der Waals surface area contributed by atoms with Crippen molar-refractivity contribution in [3.63, 3.8) is 0 Å². The summed E-state index contributed by atoms with van der Waals surface area (Å²) in [6, 6.07) is 0. The van der Waals surface area contributed by atoms with Gasteiger partial charge in [-0.15, -0.1) is 0 Å². The molecule has 0 amide bonds. The molecule has 1 saturated carbocycles. The van der Waals surface area contributed by atoms with Gasteiger partial charge in [0, 0.05) is 0 Å². The van der Waals surface area contributed by atoms with Crippen molar-refractivity contribution >= 4 is 22.6 Å². The third kappa shape index (κ3) is 3.22. The highest BCUT2D eigenvalue weighted by molar-refractivity contribution is 14.1. The fraction of sp³-hybridized carbons (Fsp3) is 1.00. The van der Waals surface area contributed by atoms with Gasteiger partial charge < -0.3 is 0 Å². The van der Waals surface area contributed by atoms with E-state index in [0.29, 0.717) is 0 Å². The molecule has 1 aliphatic carbocycles. The van der Waals surface area contributed by atoms with Crippen LogP contribution in [0.5, 0.6) is 0 Å². The van der Waals surface area contributed by atoms with Crippen molar-refractivity contribution < 1.29 is 0 Å². The molecule has 1 heteroatoms. The van der Waals surface area contributed by atoms with E-state index in [1.807, 2.05) is 0 Å². The first-order valence-corrected chi connectivity index (χ1v) is 6.02. The van der Waals surface area contributed by atoms with Crippen LogP contribution < -0.4 is 0 Å². The van der Waals surface area contributed by atoms with Crippen LogP contribution in [0, 0.1) is 5.92 Å². The molecule has 0 N–H and O–H groups in total. The molecule has 60 valence electrons. The maximum absolute atomic E-state index is 2.50. The van der Waals surface area contributed by atoms with Crippen molar-refractivity contribution in [2.45, 2.75) is 44.9 Å². The fourth-order valence-corrected chi connectivity index (χ4v) is 2.69. The van der Waals surface area contributed by atoms with E-state index in [9.17, 15) is 0 Å². The highest BCUT2D eigenvalue weighted by Crippen LogP contribution is 2.25. The van der Waals surface area contributed by atoms with Crippen LogP contribution in [-0.2, 0) is 0 Å². The maximum Gasteiger partial charge on any atom is -0.000209 e. The van der Waals surface area contributed by atoms with Crippen molar-refractivity contribution in [3.8, 4) is 0 Å². The lowest BCUT2D eigenvalue weighted by Gasteiger charge is -2.10. The van der Waals surface area contributed by atoms with Gasteiger partial charge in [-0.05, 0) is 16.8 Å². The number of hydrogen-bond donors (Lipinski definition) is 0. The molecule has 0 aromatic heterocycles. The first kappa shape index (κ1) is 8.82. The summed E-state index contributed by atoms with van der Waals surface area (Å²) in [6.07, 6.45) is 10.5. The van der Waals surface area contributed by atoms with Gasteiger partial charge in [-0.1, -0.05) is 61.1 Å². The van der Waals surface area contributed by atoms with Crippen molar-refractivity contribution in [2.75, 3.05) is 4.43 Å². The standard InChI is InChI=1S/C9H17I/c10-8-7-9-5-3-1-2-4-6-9/h9H,1-8H2. The first-order valence-electron chi connectivity index (χ1n) is 4.49. The van der Waals surface area contributed by atoms with Gasteiger partial charge in [-0.2, -0.15) is 0 Å². The van der Waals surface area contributed by atoms with E-state index in [0.717, 1.165) is 5.92 Å². The highest BCUT2D eigenvalue weighted by Gasteiger charge is 2.10. The van der Waals surface area contributed by atoms with Crippen LogP contribution in [0.15, 0.2) is 0 Å². The fourth-order valence-electron chi connectivity index (χ4n) is 1.81. The molecule has 1 fully saturated rings. The third-order valence-electron chi connectivity index (χ3n) is 2.49. The average Bonchev–Trinajstić information content (AvgIpc) is 2.17. The Morgan fingerprint density at radius 2 is 1.60 bits per heavy atom. The summed E-state index contributed by atoms with van der Waals surface area (Å²) in [6.45, 7) is 0. The second-order valence-corrected chi connectivity index (χ2v) is 4.41. The molecule has 1 rings (SSSR count). The monoisotopic (exact) mass is 252 g/mol. The Hall–Kier alpha value is 0.730. The molecule has 0 atom stereocenters. The van der Waals surface area contributed by atoms with E-state index >= 15 is 0 Å². The van der Waals surface area contributed by atoms with Gasteiger partial charge in [0.25, 0.3) is 0 Å². The van der Waals surface area contributed by atoms with Crippen LogP contribution >= 0.6 is 22.6 Å². The smallest absolute Gasteiger partial charge is 0.000209 e. The van der Waals surface area contributed by atoms with Gasteiger partial charge in [0.1, 0.15) is 0 Å². The van der Waals surface area contributed by atoms with E-state index in [4.69, 9.17) is 0 Å². The van der Waals surface area contributed by atoms with Gasteiger partial charge in [-0.3, -0.25) is 0 Å². The second kappa shape index (κ2) is 5.39. The molecular weight excluding hydrogens is 235 g/mol. The normalized spacial score (nSPS) is 22.5. The van der Waals surface area contributed by atoms with E-state index in [-0.39, 0.29) is 0 Å². The molecule has 0 heterocycles. The Morgan fingerprint density at radius 1 is 1.00 bits per heavy atom. The van der Waals surface area contributed by atoms with Gasteiger partial charge in [-0.25, -0.2) is 0 Å². The molecule has 0 aliphatic heterocycles. The molecular formula is C9H17I. The minimum Gasteiger partial charge on any atom is -0.0864 e. The van der Waals surface area contributed by atoms with E-state index in [1.54, 1.807) is 0 Å². The molecule has 0 aromatic rings. The Morgan fingerprint density at radius 3 is 2.10 bits per heavy atom. The van der Waals surface area contributed by atoms with Crippen LogP contribution in [0.4, 0.5) is 0 Å². The predicted octanol–water partition coefficient (Wildman–Crippen LogP) is 3.78. The molecule has 0 radical (unpaired) electrons. The minimum absolute atomic E-state index is 1.08. The van der Waals surface area contributed by atoms with E-state index in [1.165, 1.54) is 49.4 Å². The lowest BCUT2D eigenvalue weighted by atomic mass is 9.98. The zero-order valence-corrected chi connectivity index (χ0v) is 8.77. The Labute approximate surface area is 77.9 Å². The van der Waals surface area contributed by atoms with E-state index < -0.39 is 0 Å². The molecule has 0 aromatic carbocycles. The number of rotatable bonds is 2. The molecule has 0 spiro atoms. The predicted molar refractivity (Wildman–Crippen MR) is 54.7 cm³/mol. The molecule has 10 heavy (non-hydrogen) atoms. The molecule has 1 aliphatic rings. The van der Waals surface area contributed by atoms with Gasteiger partial charge in [0.15, 0.2) is 0 Å². The molecule has 0 bridgehead atoms. The number of hydrogen-bond acceptors (Lipinski definition) is 0. The van der Waals surface area contributed by atoms with Crippen molar-refractivity contribution in [1.29, 1.82) is 0 Å². The van der Waals surface area contributed by atoms with Crippen molar-refractivity contribution in [3.05, 3.63) is 0 Å². The Bertz CT molecular complexity index is 72.8. The van der Waals surface area contributed by atoms with Gasteiger partial charge in [0.2, 0.25) is 0 Å². The van der Waals surface area contributed by atoms with Crippen LogP contribution in [0.25, 0.3) is 0 Å². The van der Waals surface area contributed by atoms with Crippen LogP contribution in [0.1, 0.15) is 44.9 Å². The van der Waals surface area contributed by atoms with E-state index in [2.05, 4.69) is 22.6 Å². The molecule has 0 saturated heterocycles. The minimum atomic E-state index is 1.08. The zero-order valence-electron chi connectivity index (χ0n) is 6.61. The summed E-state index contributed by atoms with van der Waals surface area (Å²) in [5, 5.41) is 0. The lowest BCUT2D eigenvalue weighted by Crippen LogP contribution is -1.98. The van der Waals surface area contributed by atoms with Crippen molar-refractivity contribution in [2.24, 2.45) is 5.92 Å². The maximum atomic E-state index is 2.50. The topological polar surface area (TPSA) is 0 Å². The molecule has 0 unspecified atom stereocenters. The Kier molecular flexibility index (Phi) is 4.76. The van der Waals surface area contributed by atoms with Crippen LogP contribution in [-0.4, -0.2) is 4.43 Å². The Balaban J connectivity index is 2.15. The largest absolute Gasteiger partial charge is 0.0864 e. The number of halogens is 1. The van der Waals surface area contributed by atoms with Crippen LogP contribution in [0.2, 0.25) is 0 Å². The number of alkyl halides is 1. The lowest BCUT2D eigenvalue weighted by molar-refractivity contribution is 0.452. The first-order chi connectivity index (χ1) is 4.93. The summed E-state index contributed by atoms with van der Waals surface area (Å²) in [4.78, 5) is 0. The summed E-state index contributed by atoms with van der Waals surface area (Å²) in [5.41, 5.74) is 0. The van der Waals surface area contributed by atoms with Gasteiger partial charge in [0.05, 0.1) is 0 Å². The average molecular weight is 252 g/mol. The van der Waals surface area contributed by atoms with Gasteiger partial charge >= 0.3 is 0 Å². The summed E-state index contributed by atoms with van der Waals surface area (Å²) in [5.74, 6) is 1.08. The molecule has 0 nitrogen and oxygen atoms in total. The summed E-state index contributed by atoms with van der Waals surface area (Å²) in [7, 11) is 0. The van der Waals surface area contributed by atoms with Crippen LogP contribution in [0.3, 0.4) is 0 Å². The second-order valence-electron chi connectivity index (χ2n) is 3.34. The summed E-state index contributed by atoms with van der Waals surface area (Å²) < 4.78 is 1.36. The summed E-state index contributed by atoms with van der Waals surface area (Å²) >= 11 is 2.50. The zero-order chi connectivity index (χ0) is 7.23. The quantitative estimate of drug-likeness (QED) is 0.398.